The third kappa shape index (κ3) is 2.69. The Hall–Kier alpha value is -3.09. The van der Waals surface area contributed by atoms with Gasteiger partial charge in [-0.15, -0.1) is 11.3 Å². The molecule has 0 saturated carbocycles. The highest BCUT2D eigenvalue weighted by molar-refractivity contribution is 7.25. The van der Waals surface area contributed by atoms with Gasteiger partial charge in [0.05, 0.1) is 29.0 Å². The van der Waals surface area contributed by atoms with Crippen molar-refractivity contribution < 1.29 is 9.53 Å². The summed E-state index contributed by atoms with van der Waals surface area (Å²) in [6, 6.07) is 15.4. The molecule has 0 unspecified atom stereocenters. The number of hydrogen-bond donors (Lipinski definition) is 0. The van der Waals surface area contributed by atoms with Gasteiger partial charge in [-0.05, 0) is 24.3 Å². The number of halogens is 1. The van der Waals surface area contributed by atoms with Crippen LogP contribution in [0, 0.1) is 0 Å². The van der Waals surface area contributed by atoms with Gasteiger partial charge in [0.2, 0.25) is 0 Å². The van der Waals surface area contributed by atoms with E-state index < -0.39 is 5.97 Å². The minimum absolute atomic E-state index is 0.234. The van der Waals surface area contributed by atoms with Gasteiger partial charge < -0.3 is 4.74 Å². The Morgan fingerprint density at radius 1 is 1.11 bits per heavy atom. The van der Waals surface area contributed by atoms with Crippen molar-refractivity contribution in [3.8, 4) is 11.4 Å². The fourth-order valence-corrected chi connectivity index (χ4v) is 4.47. The number of carbonyl (C=O) groups excluding carboxylic acids is 1. The lowest BCUT2D eigenvalue weighted by atomic mass is 10.1. The Bertz CT molecular complexity index is 1400. The molecule has 0 saturated heterocycles. The van der Waals surface area contributed by atoms with Crippen molar-refractivity contribution in [2.24, 2.45) is 0 Å². The largest absolute Gasteiger partial charge is 0.464 e. The van der Waals surface area contributed by atoms with Gasteiger partial charge in [0.25, 0.3) is 0 Å². The maximum absolute atomic E-state index is 12.2. The van der Waals surface area contributed by atoms with Crippen LogP contribution >= 0.6 is 22.9 Å². The van der Waals surface area contributed by atoms with E-state index in [1.54, 1.807) is 12.3 Å². The Balaban J connectivity index is 1.89. The number of aromatic nitrogens is 3. The molecule has 0 aliphatic carbocycles. The minimum Gasteiger partial charge on any atom is -0.464 e. The molecular formula is C21H12ClN3O2S. The van der Waals surface area contributed by atoms with Gasteiger partial charge in [-0.3, -0.25) is 0 Å². The molecular weight excluding hydrogens is 394 g/mol. The molecule has 0 radical (unpaired) electrons. The number of ether oxygens (including phenoxy) is 1. The molecule has 4 heterocycles. The first-order valence-electron chi connectivity index (χ1n) is 8.47. The third-order valence-electron chi connectivity index (χ3n) is 4.51. The first kappa shape index (κ1) is 17.0. The van der Waals surface area contributed by atoms with Crippen LogP contribution in [0.5, 0.6) is 0 Å². The summed E-state index contributed by atoms with van der Waals surface area (Å²) in [7, 11) is 1.34. The van der Waals surface area contributed by atoms with Gasteiger partial charge in [-0.1, -0.05) is 35.9 Å². The van der Waals surface area contributed by atoms with E-state index in [1.165, 1.54) is 18.4 Å². The monoisotopic (exact) mass is 405 g/mol. The van der Waals surface area contributed by atoms with Crippen LogP contribution in [0.15, 0.2) is 54.7 Å². The van der Waals surface area contributed by atoms with Crippen molar-refractivity contribution in [1.82, 2.24) is 15.0 Å². The van der Waals surface area contributed by atoms with Crippen molar-refractivity contribution in [3.05, 3.63) is 65.4 Å². The predicted octanol–water partition coefficient (Wildman–Crippen LogP) is 5.50. The third-order valence-corrected chi connectivity index (χ3v) is 5.78. The number of para-hydroxylation sites is 1. The lowest BCUT2D eigenvalue weighted by Crippen LogP contribution is -2.05. The lowest BCUT2D eigenvalue weighted by molar-refractivity contribution is 0.0594. The molecule has 5 rings (SSSR count). The highest BCUT2D eigenvalue weighted by atomic mass is 35.5. The summed E-state index contributed by atoms with van der Waals surface area (Å²) >= 11 is 7.67. The second kappa shape index (κ2) is 6.51. The molecule has 0 N–H and O–H groups in total. The standard InChI is InChI=1S/C21H12ClN3O2S/c1-27-21(26)16-9-17-18(13-8-12(22)10-23-20(13)28-17)19(25-16)15-7-6-11-4-2-3-5-14(11)24-15/h2-10H,1H3. The van der Waals surface area contributed by atoms with Gasteiger partial charge in [-0.25, -0.2) is 19.7 Å². The van der Waals surface area contributed by atoms with Crippen LogP contribution in [-0.2, 0) is 4.74 Å². The van der Waals surface area contributed by atoms with E-state index in [2.05, 4.69) is 9.97 Å². The van der Waals surface area contributed by atoms with Crippen LogP contribution in [0.25, 0.3) is 42.6 Å². The van der Waals surface area contributed by atoms with Crippen LogP contribution in [0.2, 0.25) is 5.02 Å². The van der Waals surface area contributed by atoms with Crippen LogP contribution in [-0.4, -0.2) is 28.0 Å². The number of methoxy groups -OCH3 is 1. The van der Waals surface area contributed by atoms with E-state index in [4.69, 9.17) is 21.3 Å². The topological polar surface area (TPSA) is 65.0 Å². The van der Waals surface area contributed by atoms with Crippen molar-refractivity contribution in [1.29, 1.82) is 0 Å². The molecule has 5 nitrogen and oxygen atoms in total. The number of esters is 1. The molecule has 0 aliphatic heterocycles. The lowest BCUT2D eigenvalue weighted by Gasteiger charge is -2.07. The maximum atomic E-state index is 12.2. The van der Waals surface area contributed by atoms with Gasteiger partial charge in [-0.2, -0.15) is 0 Å². The zero-order valence-electron chi connectivity index (χ0n) is 14.6. The molecule has 136 valence electrons. The first-order valence-corrected chi connectivity index (χ1v) is 9.67. The molecule has 0 bridgehead atoms. The summed E-state index contributed by atoms with van der Waals surface area (Å²) in [4.78, 5) is 26.8. The van der Waals surface area contributed by atoms with Crippen LogP contribution < -0.4 is 0 Å². The molecule has 28 heavy (non-hydrogen) atoms. The van der Waals surface area contributed by atoms with Crippen molar-refractivity contribution in [2.45, 2.75) is 0 Å². The van der Waals surface area contributed by atoms with Gasteiger partial charge in [0.1, 0.15) is 4.83 Å². The molecule has 0 aliphatic rings. The Morgan fingerprint density at radius 3 is 2.82 bits per heavy atom. The van der Waals surface area contributed by atoms with Gasteiger partial charge in [0, 0.05) is 27.1 Å². The van der Waals surface area contributed by atoms with E-state index in [0.29, 0.717) is 16.4 Å². The molecule has 0 atom stereocenters. The summed E-state index contributed by atoms with van der Waals surface area (Å²) in [6.07, 6.45) is 1.61. The number of hydrogen-bond acceptors (Lipinski definition) is 6. The van der Waals surface area contributed by atoms with E-state index in [9.17, 15) is 4.79 Å². The summed E-state index contributed by atoms with van der Waals surface area (Å²) in [5, 5.41) is 3.35. The van der Waals surface area contributed by atoms with Crippen molar-refractivity contribution >= 4 is 60.1 Å². The fourth-order valence-electron chi connectivity index (χ4n) is 3.25. The van der Waals surface area contributed by atoms with Crippen LogP contribution in [0.1, 0.15) is 10.5 Å². The average molecular weight is 406 g/mol. The Kier molecular flexibility index (Phi) is 3.96. The van der Waals surface area contributed by atoms with Crippen LogP contribution in [0.4, 0.5) is 0 Å². The molecule has 0 spiro atoms. The number of fused-ring (bicyclic) bond motifs is 4. The predicted molar refractivity (Wildman–Crippen MR) is 112 cm³/mol. The number of thiophene rings is 1. The number of benzene rings is 1. The second-order valence-electron chi connectivity index (χ2n) is 6.22. The maximum Gasteiger partial charge on any atom is 0.356 e. The number of carbonyl (C=O) groups is 1. The SMILES string of the molecule is COC(=O)c1cc2sc3ncc(Cl)cc3c2c(-c2ccc3ccccc3n2)n1. The number of nitrogens with zero attached hydrogens (tertiary/aromatic N) is 3. The summed E-state index contributed by atoms with van der Waals surface area (Å²) in [6.45, 7) is 0. The molecule has 5 aromatic rings. The van der Waals surface area contributed by atoms with Gasteiger partial charge >= 0.3 is 5.97 Å². The zero-order chi connectivity index (χ0) is 19.3. The summed E-state index contributed by atoms with van der Waals surface area (Å²) in [5.74, 6) is -0.493. The summed E-state index contributed by atoms with van der Waals surface area (Å²) < 4.78 is 5.77. The van der Waals surface area contributed by atoms with E-state index in [1.807, 2.05) is 42.5 Å². The van der Waals surface area contributed by atoms with E-state index in [0.717, 1.165) is 31.2 Å². The molecule has 0 fully saturated rings. The molecule has 0 amide bonds. The second-order valence-corrected chi connectivity index (χ2v) is 7.69. The van der Waals surface area contributed by atoms with Gasteiger partial charge in [0.15, 0.2) is 5.69 Å². The average Bonchev–Trinajstić information content (AvgIpc) is 3.09. The summed E-state index contributed by atoms with van der Waals surface area (Å²) in [5.41, 5.74) is 2.37. The fraction of sp³-hybridized carbons (Fsp3) is 0.0476. The van der Waals surface area contributed by atoms with Crippen molar-refractivity contribution in [2.75, 3.05) is 7.11 Å². The normalized spacial score (nSPS) is 11.4. The highest BCUT2D eigenvalue weighted by Crippen LogP contribution is 2.39. The Morgan fingerprint density at radius 2 is 1.96 bits per heavy atom. The quantitative estimate of drug-likeness (QED) is 0.363. The highest BCUT2D eigenvalue weighted by Gasteiger charge is 2.19. The van der Waals surface area contributed by atoms with E-state index in [-0.39, 0.29) is 5.69 Å². The van der Waals surface area contributed by atoms with E-state index >= 15 is 0 Å². The minimum atomic E-state index is -0.493. The smallest absolute Gasteiger partial charge is 0.356 e. The Labute approximate surface area is 168 Å². The number of rotatable bonds is 2. The molecule has 1 aromatic carbocycles. The zero-order valence-corrected chi connectivity index (χ0v) is 16.2. The van der Waals surface area contributed by atoms with Crippen LogP contribution in [0.3, 0.4) is 0 Å². The molecule has 7 heteroatoms. The molecule has 4 aromatic heterocycles. The first-order chi connectivity index (χ1) is 13.6. The number of pyridine rings is 3. The van der Waals surface area contributed by atoms with Crippen molar-refractivity contribution in [3.63, 3.8) is 0 Å².